The molecule has 0 bridgehead atoms. The van der Waals surface area contributed by atoms with Gasteiger partial charge in [0.25, 0.3) is 0 Å². The molecule has 0 aliphatic heterocycles. The van der Waals surface area contributed by atoms with Crippen molar-refractivity contribution in [1.82, 2.24) is 0 Å². The summed E-state index contributed by atoms with van der Waals surface area (Å²) in [6.07, 6.45) is 10.6. The fourth-order valence-electron chi connectivity index (χ4n) is 0.246. The van der Waals surface area contributed by atoms with E-state index in [9.17, 15) is 0 Å². The zero-order valence-electron chi connectivity index (χ0n) is 4.94. The minimum Gasteiger partial charge on any atom is -0.305 e. The Labute approximate surface area is 50.3 Å². The van der Waals surface area contributed by atoms with E-state index in [1.54, 1.807) is 0 Å². The van der Waals surface area contributed by atoms with Crippen molar-refractivity contribution in [3.63, 3.8) is 0 Å². The van der Waals surface area contributed by atoms with Crippen LogP contribution in [0.5, 0.6) is 0 Å². The first kappa shape index (κ1) is 7.08. The molecule has 0 aromatic carbocycles. The van der Waals surface area contributed by atoms with Crippen LogP contribution >= 0.6 is 0 Å². The molecule has 42 valence electrons. The number of terminal acetylenes is 2. The van der Waals surface area contributed by atoms with Crippen LogP contribution in [0, 0.1) is 24.7 Å². The number of rotatable bonds is 1. The maximum Gasteiger partial charge on any atom is 0.138 e. The van der Waals surface area contributed by atoms with Gasteiger partial charge in [-0.3, -0.25) is 0 Å². The van der Waals surface area contributed by atoms with Crippen LogP contribution in [0.25, 0.3) is 0 Å². The van der Waals surface area contributed by atoms with Crippen molar-refractivity contribution in [2.45, 2.75) is 18.9 Å². The van der Waals surface area contributed by atoms with Crippen LogP contribution in [0.2, 0.25) is 0 Å². The highest BCUT2D eigenvalue weighted by Gasteiger charge is 2.13. The third-order valence-electron chi connectivity index (χ3n) is 1.07. The molecule has 0 aliphatic rings. The highest BCUT2D eigenvalue weighted by Crippen LogP contribution is 1.99. The van der Waals surface area contributed by atoms with Crippen LogP contribution in [-0.4, -0.2) is 5.54 Å². The SMILES string of the molecule is C#CC(N)(C#C)CC. The topological polar surface area (TPSA) is 26.0 Å². The zero-order valence-corrected chi connectivity index (χ0v) is 4.94. The van der Waals surface area contributed by atoms with Gasteiger partial charge in [0, 0.05) is 0 Å². The molecule has 0 saturated carbocycles. The summed E-state index contributed by atoms with van der Waals surface area (Å²) in [6.45, 7) is 1.86. The molecule has 0 atom stereocenters. The van der Waals surface area contributed by atoms with Crippen molar-refractivity contribution in [3.05, 3.63) is 0 Å². The van der Waals surface area contributed by atoms with E-state index in [1.165, 1.54) is 0 Å². The molecule has 1 nitrogen and oxygen atoms in total. The van der Waals surface area contributed by atoms with Crippen LogP contribution in [0.4, 0.5) is 0 Å². The summed E-state index contributed by atoms with van der Waals surface area (Å²) < 4.78 is 0. The molecule has 0 heterocycles. The zero-order chi connectivity index (χ0) is 6.62. The van der Waals surface area contributed by atoms with Crippen LogP contribution in [0.3, 0.4) is 0 Å². The molecule has 0 aromatic rings. The number of hydrogen-bond acceptors (Lipinski definition) is 1. The van der Waals surface area contributed by atoms with Crippen LogP contribution < -0.4 is 5.73 Å². The Morgan fingerprint density at radius 2 is 1.88 bits per heavy atom. The van der Waals surface area contributed by atoms with E-state index in [0.717, 1.165) is 0 Å². The van der Waals surface area contributed by atoms with Crippen LogP contribution in [-0.2, 0) is 0 Å². The van der Waals surface area contributed by atoms with Crippen molar-refractivity contribution in [2.75, 3.05) is 0 Å². The molecular weight excluding hydrogens is 98.1 g/mol. The lowest BCUT2D eigenvalue weighted by Gasteiger charge is -2.11. The van der Waals surface area contributed by atoms with Gasteiger partial charge in [-0.2, -0.15) is 0 Å². The quantitative estimate of drug-likeness (QED) is 0.481. The van der Waals surface area contributed by atoms with Crippen molar-refractivity contribution < 1.29 is 0 Å². The van der Waals surface area contributed by atoms with Crippen molar-refractivity contribution in [3.8, 4) is 24.7 Å². The second kappa shape index (κ2) is 2.40. The van der Waals surface area contributed by atoms with E-state index in [1.807, 2.05) is 6.92 Å². The molecule has 0 saturated heterocycles. The summed E-state index contributed by atoms with van der Waals surface area (Å²) in [5.74, 6) is 4.64. The third-order valence-corrected chi connectivity index (χ3v) is 1.07. The summed E-state index contributed by atoms with van der Waals surface area (Å²) in [5, 5.41) is 0. The smallest absolute Gasteiger partial charge is 0.138 e. The Morgan fingerprint density at radius 1 is 1.50 bits per heavy atom. The summed E-state index contributed by atoms with van der Waals surface area (Å²) in [4.78, 5) is 0. The summed E-state index contributed by atoms with van der Waals surface area (Å²) >= 11 is 0. The van der Waals surface area contributed by atoms with Gasteiger partial charge >= 0.3 is 0 Å². The number of hydrogen-bond donors (Lipinski definition) is 1. The molecule has 0 radical (unpaired) electrons. The van der Waals surface area contributed by atoms with Crippen molar-refractivity contribution in [2.24, 2.45) is 5.73 Å². The van der Waals surface area contributed by atoms with Gasteiger partial charge in [0.15, 0.2) is 0 Å². The molecule has 0 rings (SSSR count). The van der Waals surface area contributed by atoms with Crippen LogP contribution in [0.15, 0.2) is 0 Å². The lowest BCUT2D eigenvalue weighted by Crippen LogP contribution is -2.34. The first-order valence-corrected chi connectivity index (χ1v) is 2.43. The van der Waals surface area contributed by atoms with E-state index in [4.69, 9.17) is 18.6 Å². The highest BCUT2D eigenvalue weighted by molar-refractivity contribution is 5.26. The molecule has 0 amide bonds. The molecule has 0 spiro atoms. The molecule has 2 N–H and O–H groups in total. The largest absolute Gasteiger partial charge is 0.305 e. The standard InChI is InChI=1S/C7H9N/c1-4-7(8,5-2)6-3/h1-2H,6,8H2,3H3. The first-order chi connectivity index (χ1) is 3.68. The van der Waals surface area contributed by atoms with Crippen LogP contribution in [0.1, 0.15) is 13.3 Å². The molecule has 0 unspecified atom stereocenters. The summed E-state index contributed by atoms with van der Waals surface area (Å²) in [7, 11) is 0. The van der Waals surface area contributed by atoms with Gasteiger partial charge in [0.2, 0.25) is 0 Å². The average Bonchev–Trinajstić information content (AvgIpc) is 1.87. The highest BCUT2D eigenvalue weighted by atomic mass is 14.7. The first-order valence-electron chi connectivity index (χ1n) is 2.43. The van der Waals surface area contributed by atoms with Gasteiger partial charge in [-0.15, -0.1) is 12.8 Å². The lowest BCUT2D eigenvalue weighted by atomic mass is 10.0. The molecule has 8 heavy (non-hydrogen) atoms. The number of nitrogens with two attached hydrogens (primary N) is 1. The molecular formula is C7H9N. The Bertz CT molecular complexity index is 131. The van der Waals surface area contributed by atoms with E-state index < -0.39 is 5.54 Å². The van der Waals surface area contributed by atoms with Crippen molar-refractivity contribution in [1.29, 1.82) is 0 Å². The van der Waals surface area contributed by atoms with E-state index in [2.05, 4.69) is 11.8 Å². The van der Waals surface area contributed by atoms with Gasteiger partial charge < -0.3 is 5.73 Å². The Morgan fingerprint density at radius 3 is 1.88 bits per heavy atom. The van der Waals surface area contributed by atoms with Gasteiger partial charge in [0.05, 0.1) is 0 Å². The van der Waals surface area contributed by atoms with Gasteiger partial charge in [-0.25, -0.2) is 0 Å². The van der Waals surface area contributed by atoms with Gasteiger partial charge in [0.1, 0.15) is 5.54 Å². The fourth-order valence-corrected chi connectivity index (χ4v) is 0.246. The maximum atomic E-state index is 5.42. The Hall–Kier alpha value is -0.920. The van der Waals surface area contributed by atoms with E-state index in [0.29, 0.717) is 6.42 Å². The minimum absolute atomic E-state index is 0.625. The molecule has 1 heteroatoms. The summed E-state index contributed by atoms with van der Waals surface area (Å²) in [5.41, 5.74) is 4.60. The normalized spacial score (nSPS) is 9.50. The predicted molar refractivity (Wildman–Crippen MR) is 34.9 cm³/mol. The second-order valence-corrected chi connectivity index (χ2v) is 1.61. The fraction of sp³-hybridized carbons (Fsp3) is 0.429. The average molecular weight is 107 g/mol. The molecule has 0 fully saturated rings. The maximum absolute atomic E-state index is 5.42. The van der Waals surface area contributed by atoms with Crippen molar-refractivity contribution >= 4 is 0 Å². The Kier molecular flexibility index (Phi) is 2.13. The lowest BCUT2D eigenvalue weighted by molar-refractivity contribution is 0.677. The van der Waals surface area contributed by atoms with E-state index in [-0.39, 0.29) is 0 Å². The van der Waals surface area contributed by atoms with E-state index >= 15 is 0 Å². The molecule has 0 aromatic heterocycles. The predicted octanol–water partition coefficient (Wildman–Crippen LogP) is 0.360. The second-order valence-electron chi connectivity index (χ2n) is 1.61. The molecule has 0 aliphatic carbocycles. The Balaban J connectivity index is 4.11. The van der Waals surface area contributed by atoms with Gasteiger partial charge in [-0.1, -0.05) is 18.8 Å². The monoisotopic (exact) mass is 107 g/mol. The van der Waals surface area contributed by atoms with Gasteiger partial charge in [-0.05, 0) is 6.42 Å². The summed E-state index contributed by atoms with van der Waals surface area (Å²) in [6, 6.07) is 0. The third kappa shape index (κ3) is 1.30. The minimum atomic E-state index is -0.819.